The molecule has 0 atom stereocenters. The molecule has 174 valence electrons. The molecule has 0 radical (unpaired) electrons. The van der Waals surface area contributed by atoms with Gasteiger partial charge in [0.1, 0.15) is 5.75 Å². The van der Waals surface area contributed by atoms with E-state index < -0.39 is 12.6 Å². The first kappa shape index (κ1) is 23.7. The summed E-state index contributed by atoms with van der Waals surface area (Å²) in [5.41, 5.74) is 0.912. The second-order valence-electron chi connectivity index (χ2n) is 6.96. The highest BCUT2D eigenvalue weighted by Gasteiger charge is 2.25. The van der Waals surface area contributed by atoms with E-state index in [0.29, 0.717) is 29.2 Å². The normalized spacial score (nSPS) is 14.2. The Hall–Kier alpha value is -3.95. The Labute approximate surface area is 189 Å². The van der Waals surface area contributed by atoms with Gasteiger partial charge < -0.3 is 23.8 Å². The number of amides is 1. The van der Waals surface area contributed by atoms with Gasteiger partial charge in [-0.05, 0) is 48.9 Å². The molecule has 2 aromatic rings. The number of esters is 1. The van der Waals surface area contributed by atoms with Gasteiger partial charge in [-0.1, -0.05) is 12.1 Å². The van der Waals surface area contributed by atoms with Gasteiger partial charge in [0.2, 0.25) is 5.90 Å². The van der Waals surface area contributed by atoms with Crippen LogP contribution < -0.4 is 14.2 Å². The molecule has 0 aromatic heterocycles. The van der Waals surface area contributed by atoms with Crippen LogP contribution >= 0.6 is 0 Å². The van der Waals surface area contributed by atoms with Crippen molar-refractivity contribution in [2.75, 3.05) is 27.3 Å². The third kappa shape index (κ3) is 6.28. The molecule has 3 rings (SSSR count). The van der Waals surface area contributed by atoms with Crippen LogP contribution in [0.5, 0.6) is 17.2 Å². The maximum atomic E-state index is 12.5. The first-order valence-corrected chi connectivity index (χ1v) is 9.94. The summed E-state index contributed by atoms with van der Waals surface area (Å²) in [6.45, 7) is -0.964. The number of ether oxygens (including phenoxy) is 4. The summed E-state index contributed by atoms with van der Waals surface area (Å²) in [6, 6.07) is 10.6. The van der Waals surface area contributed by atoms with Crippen molar-refractivity contribution in [2.24, 2.45) is 4.99 Å². The molecule has 0 spiro atoms. The summed E-state index contributed by atoms with van der Waals surface area (Å²) < 4.78 is 45.6. The Balaban J connectivity index is 1.83. The van der Waals surface area contributed by atoms with Crippen molar-refractivity contribution in [1.29, 1.82) is 0 Å². The monoisotopic (exact) mass is 460 g/mol. The Bertz CT molecular complexity index is 1100. The average molecular weight is 460 g/mol. The maximum Gasteiger partial charge on any atom is 0.387 e. The lowest BCUT2D eigenvalue weighted by atomic mass is 10.1. The lowest BCUT2D eigenvalue weighted by Crippen LogP contribution is -2.27. The van der Waals surface area contributed by atoms with Crippen LogP contribution in [0.4, 0.5) is 8.78 Å². The fourth-order valence-electron chi connectivity index (χ4n) is 2.77. The fourth-order valence-corrected chi connectivity index (χ4v) is 2.77. The maximum absolute atomic E-state index is 12.5. The molecule has 1 aliphatic heterocycles. The first-order valence-electron chi connectivity index (χ1n) is 9.94. The quantitative estimate of drug-likeness (QED) is 0.421. The van der Waals surface area contributed by atoms with E-state index in [1.54, 1.807) is 45.3 Å². The SMILES string of the molecule is CCOc1cc(C=C2N=C(c3cccc(OC(F)F)c3)OC2=O)ccc1OCC(=O)N(C)C. The van der Waals surface area contributed by atoms with Gasteiger partial charge in [0, 0.05) is 19.7 Å². The number of cyclic esters (lactones) is 1. The zero-order valence-corrected chi connectivity index (χ0v) is 18.2. The van der Waals surface area contributed by atoms with Crippen molar-refractivity contribution in [1.82, 2.24) is 4.90 Å². The predicted octanol–water partition coefficient (Wildman–Crippen LogP) is 3.50. The van der Waals surface area contributed by atoms with Crippen molar-refractivity contribution >= 4 is 23.9 Å². The van der Waals surface area contributed by atoms with Crippen LogP contribution in [0.3, 0.4) is 0 Å². The van der Waals surface area contributed by atoms with Crippen molar-refractivity contribution in [3.05, 3.63) is 59.3 Å². The summed E-state index contributed by atoms with van der Waals surface area (Å²) in [4.78, 5) is 29.7. The highest BCUT2D eigenvalue weighted by atomic mass is 19.3. The minimum absolute atomic E-state index is 0.0177. The largest absolute Gasteiger partial charge is 0.490 e. The molecule has 1 amide bonds. The summed E-state index contributed by atoms with van der Waals surface area (Å²) >= 11 is 0. The van der Waals surface area contributed by atoms with E-state index in [1.807, 2.05) is 0 Å². The molecular weight excluding hydrogens is 438 g/mol. The Morgan fingerprint density at radius 2 is 1.94 bits per heavy atom. The van der Waals surface area contributed by atoms with Gasteiger partial charge in [-0.25, -0.2) is 9.79 Å². The zero-order chi connectivity index (χ0) is 24.0. The second kappa shape index (κ2) is 10.6. The number of halogens is 2. The third-order valence-corrected chi connectivity index (χ3v) is 4.35. The number of benzene rings is 2. The van der Waals surface area contributed by atoms with E-state index in [-0.39, 0.29) is 29.9 Å². The molecule has 0 unspecified atom stereocenters. The van der Waals surface area contributed by atoms with Crippen LogP contribution in [-0.2, 0) is 14.3 Å². The molecule has 8 nitrogen and oxygen atoms in total. The van der Waals surface area contributed by atoms with E-state index in [4.69, 9.17) is 14.2 Å². The molecule has 0 fully saturated rings. The minimum Gasteiger partial charge on any atom is -0.490 e. The smallest absolute Gasteiger partial charge is 0.387 e. The number of hydrogen-bond acceptors (Lipinski definition) is 7. The number of nitrogens with zero attached hydrogens (tertiary/aromatic N) is 2. The number of carbonyl (C=O) groups excluding carboxylic acids is 2. The molecule has 0 bridgehead atoms. The van der Waals surface area contributed by atoms with Crippen molar-refractivity contribution in [3.63, 3.8) is 0 Å². The summed E-state index contributed by atoms with van der Waals surface area (Å²) in [6.07, 6.45) is 1.49. The Morgan fingerprint density at radius 3 is 2.64 bits per heavy atom. The number of rotatable bonds is 9. The van der Waals surface area contributed by atoms with Gasteiger partial charge >= 0.3 is 12.6 Å². The molecule has 2 aromatic carbocycles. The third-order valence-electron chi connectivity index (χ3n) is 4.35. The van der Waals surface area contributed by atoms with Gasteiger partial charge in [0.05, 0.1) is 6.61 Å². The summed E-state index contributed by atoms with van der Waals surface area (Å²) in [5, 5.41) is 0. The number of aliphatic imine (C=N–C) groups is 1. The predicted molar refractivity (Wildman–Crippen MR) is 115 cm³/mol. The van der Waals surface area contributed by atoms with Crippen LogP contribution in [0.25, 0.3) is 6.08 Å². The Morgan fingerprint density at radius 1 is 1.15 bits per heavy atom. The van der Waals surface area contributed by atoms with E-state index in [0.717, 1.165) is 0 Å². The van der Waals surface area contributed by atoms with E-state index >= 15 is 0 Å². The highest BCUT2D eigenvalue weighted by molar-refractivity contribution is 6.13. The number of hydrogen-bond donors (Lipinski definition) is 0. The standard InChI is InChI=1S/C23H22F2N2O6/c1-4-30-19-11-14(8-9-18(19)31-13-20(28)27(2)3)10-17-22(29)33-21(26-17)15-6-5-7-16(12-15)32-23(24)25/h5-12,23H,4,13H2,1-3H3. The first-order chi connectivity index (χ1) is 15.8. The molecular formula is C23H22F2N2O6. The van der Waals surface area contributed by atoms with Crippen molar-refractivity contribution < 1.29 is 37.3 Å². The van der Waals surface area contributed by atoms with Gasteiger partial charge in [-0.3, -0.25) is 4.79 Å². The summed E-state index contributed by atoms with van der Waals surface area (Å²) in [7, 11) is 3.25. The molecule has 10 heteroatoms. The number of carbonyl (C=O) groups is 2. The van der Waals surface area contributed by atoms with Crippen LogP contribution in [0.2, 0.25) is 0 Å². The summed E-state index contributed by atoms with van der Waals surface area (Å²) in [5.74, 6) is -0.238. The zero-order valence-electron chi connectivity index (χ0n) is 18.2. The molecule has 33 heavy (non-hydrogen) atoms. The van der Waals surface area contributed by atoms with Crippen LogP contribution in [0, 0.1) is 0 Å². The number of likely N-dealkylation sites (N-methyl/N-ethyl adjacent to an activating group) is 1. The van der Waals surface area contributed by atoms with E-state index in [1.165, 1.54) is 29.2 Å². The molecule has 1 heterocycles. The number of alkyl halides is 2. The van der Waals surface area contributed by atoms with Gasteiger partial charge in [-0.15, -0.1) is 0 Å². The molecule has 0 saturated heterocycles. The highest BCUT2D eigenvalue weighted by Crippen LogP contribution is 2.30. The van der Waals surface area contributed by atoms with Gasteiger partial charge in [-0.2, -0.15) is 8.78 Å². The Kier molecular flexibility index (Phi) is 7.60. The van der Waals surface area contributed by atoms with Crippen molar-refractivity contribution in [2.45, 2.75) is 13.5 Å². The molecule has 0 aliphatic carbocycles. The molecule has 1 aliphatic rings. The average Bonchev–Trinajstić information content (AvgIpc) is 3.13. The lowest BCUT2D eigenvalue weighted by Gasteiger charge is -2.14. The van der Waals surface area contributed by atoms with Gasteiger partial charge in [0.15, 0.2) is 23.8 Å². The van der Waals surface area contributed by atoms with E-state index in [2.05, 4.69) is 9.73 Å². The molecule has 0 N–H and O–H groups in total. The van der Waals surface area contributed by atoms with Crippen molar-refractivity contribution in [3.8, 4) is 17.2 Å². The van der Waals surface area contributed by atoms with Crippen LogP contribution in [-0.4, -0.2) is 56.6 Å². The fraction of sp³-hybridized carbons (Fsp3) is 0.261. The minimum atomic E-state index is -2.98. The second-order valence-corrected chi connectivity index (χ2v) is 6.96. The topological polar surface area (TPSA) is 86.7 Å². The van der Waals surface area contributed by atoms with E-state index in [9.17, 15) is 18.4 Å². The van der Waals surface area contributed by atoms with Crippen LogP contribution in [0.15, 0.2) is 53.2 Å². The lowest BCUT2D eigenvalue weighted by molar-refractivity contribution is -0.131. The van der Waals surface area contributed by atoms with Crippen LogP contribution in [0.1, 0.15) is 18.1 Å². The van der Waals surface area contributed by atoms with Gasteiger partial charge in [0.25, 0.3) is 5.91 Å². The molecule has 0 saturated carbocycles.